The van der Waals surface area contributed by atoms with Crippen LogP contribution < -0.4 is 10.1 Å². The Morgan fingerprint density at radius 2 is 2.08 bits per heavy atom. The van der Waals surface area contributed by atoms with E-state index in [1.54, 1.807) is 0 Å². The summed E-state index contributed by atoms with van der Waals surface area (Å²) in [4.78, 5) is 11.7. The third-order valence-corrected chi connectivity index (χ3v) is 4.43. The summed E-state index contributed by atoms with van der Waals surface area (Å²) in [6, 6.07) is 5.05. The van der Waals surface area contributed by atoms with Crippen LogP contribution >= 0.6 is 0 Å². The molecule has 0 saturated carbocycles. The third kappa shape index (κ3) is 3.85. The molecule has 0 aromatic heterocycles. The summed E-state index contributed by atoms with van der Waals surface area (Å²) < 4.78 is 24.7. The number of carbonyl (C=O) groups is 1. The molecule has 24 heavy (non-hydrogen) atoms. The number of methoxy groups -OCH3 is 1. The SMILES string of the molecule is COC(=O)c1cc(C(C)C)c(OCC2(C#N)CCNCC2)cc1F. The Balaban J connectivity index is 2.27. The maximum absolute atomic E-state index is 14.2. The Bertz CT molecular complexity index is 646. The van der Waals surface area contributed by atoms with Gasteiger partial charge < -0.3 is 14.8 Å². The molecule has 0 unspecified atom stereocenters. The fourth-order valence-corrected chi connectivity index (χ4v) is 2.82. The first-order chi connectivity index (χ1) is 11.4. The number of carbonyl (C=O) groups excluding carboxylic acids is 1. The molecule has 1 aromatic carbocycles. The van der Waals surface area contributed by atoms with E-state index in [-0.39, 0.29) is 18.1 Å². The zero-order valence-electron chi connectivity index (χ0n) is 14.3. The number of halogens is 1. The van der Waals surface area contributed by atoms with E-state index < -0.39 is 17.2 Å². The number of hydrogen-bond donors (Lipinski definition) is 1. The highest BCUT2D eigenvalue weighted by Gasteiger charge is 2.33. The first kappa shape index (κ1) is 18.2. The summed E-state index contributed by atoms with van der Waals surface area (Å²) in [6.07, 6.45) is 1.40. The molecule has 1 aliphatic heterocycles. The van der Waals surface area contributed by atoms with Gasteiger partial charge in [0.2, 0.25) is 0 Å². The van der Waals surface area contributed by atoms with Crippen molar-refractivity contribution in [3.63, 3.8) is 0 Å². The normalized spacial score (nSPS) is 16.5. The van der Waals surface area contributed by atoms with Crippen LogP contribution in [-0.2, 0) is 4.74 Å². The van der Waals surface area contributed by atoms with Crippen molar-refractivity contribution in [1.82, 2.24) is 5.32 Å². The molecule has 0 bridgehead atoms. The van der Waals surface area contributed by atoms with Crippen LogP contribution in [0.25, 0.3) is 0 Å². The summed E-state index contributed by atoms with van der Waals surface area (Å²) in [5, 5.41) is 12.7. The van der Waals surface area contributed by atoms with Gasteiger partial charge in [0, 0.05) is 6.07 Å². The number of rotatable bonds is 5. The molecule has 6 heteroatoms. The molecular weight excluding hydrogens is 311 g/mol. The second kappa shape index (κ2) is 7.63. The second-order valence-electron chi connectivity index (χ2n) is 6.45. The molecule has 130 valence electrons. The molecular formula is C18H23FN2O3. The van der Waals surface area contributed by atoms with Crippen LogP contribution in [0.5, 0.6) is 5.75 Å². The van der Waals surface area contributed by atoms with Crippen molar-refractivity contribution < 1.29 is 18.7 Å². The lowest BCUT2D eigenvalue weighted by atomic mass is 9.81. The van der Waals surface area contributed by atoms with Crippen LogP contribution in [0, 0.1) is 22.6 Å². The van der Waals surface area contributed by atoms with Crippen molar-refractivity contribution in [1.29, 1.82) is 5.26 Å². The number of ether oxygens (including phenoxy) is 2. The van der Waals surface area contributed by atoms with Crippen LogP contribution in [0.3, 0.4) is 0 Å². The summed E-state index contributed by atoms with van der Waals surface area (Å²) in [5.74, 6) is -0.983. The van der Waals surface area contributed by atoms with Gasteiger partial charge in [-0.2, -0.15) is 5.26 Å². The Kier molecular flexibility index (Phi) is 5.79. The summed E-state index contributed by atoms with van der Waals surface area (Å²) in [7, 11) is 1.22. The van der Waals surface area contributed by atoms with Crippen LogP contribution in [0.2, 0.25) is 0 Å². The van der Waals surface area contributed by atoms with Gasteiger partial charge in [-0.3, -0.25) is 0 Å². The van der Waals surface area contributed by atoms with Crippen LogP contribution in [0.4, 0.5) is 4.39 Å². The van der Waals surface area contributed by atoms with E-state index >= 15 is 0 Å². The van der Waals surface area contributed by atoms with Gasteiger partial charge in [0.1, 0.15) is 18.2 Å². The molecule has 0 aliphatic carbocycles. The summed E-state index contributed by atoms with van der Waals surface area (Å²) >= 11 is 0. The van der Waals surface area contributed by atoms with Gasteiger partial charge >= 0.3 is 5.97 Å². The number of piperidine rings is 1. The second-order valence-corrected chi connectivity index (χ2v) is 6.45. The first-order valence-corrected chi connectivity index (χ1v) is 8.09. The minimum atomic E-state index is -0.715. The lowest BCUT2D eigenvalue weighted by molar-refractivity contribution is 0.0595. The van der Waals surface area contributed by atoms with Gasteiger partial charge in [0.05, 0.1) is 24.2 Å². The lowest BCUT2D eigenvalue weighted by Crippen LogP contribution is -2.39. The zero-order chi connectivity index (χ0) is 17.7. The fraction of sp³-hybridized carbons (Fsp3) is 0.556. The minimum Gasteiger partial charge on any atom is -0.492 e. The van der Waals surface area contributed by atoms with E-state index in [0.29, 0.717) is 18.6 Å². The predicted octanol–water partition coefficient (Wildman–Crippen LogP) is 3.01. The van der Waals surface area contributed by atoms with E-state index in [4.69, 9.17) is 4.74 Å². The van der Waals surface area contributed by atoms with E-state index in [2.05, 4.69) is 16.1 Å². The molecule has 1 heterocycles. The number of hydrogen-bond acceptors (Lipinski definition) is 5. The molecule has 0 atom stereocenters. The Labute approximate surface area is 141 Å². The predicted molar refractivity (Wildman–Crippen MR) is 87.5 cm³/mol. The van der Waals surface area contributed by atoms with Gasteiger partial charge in [-0.25, -0.2) is 9.18 Å². The molecule has 0 radical (unpaired) electrons. The number of nitrogens with zero attached hydrogens (tertiary/aromatic N) is 1. The van der Waals surface area contributed by atoms with Gasteiger partial charge in [-0.1, -0.05) is 13.8 Å². The van der Waals surface area contributed by atoms with Gasteiger partial charge in [0.25, 0.3) is 0 Å². The average molecular weight is 334 g/mol. The van der Waals surface area contributed by atoms with Crippen molar-refractivity contribution in [3.05, 3.63) is 29.1 Å². The molecule has 1 aliphatic rings. The highest BCUT2D eigenvalue weighted by Crippen LogP contribution is 2.33. The smallest absolute Gasteiger partial charge is 0.340 e. The first-order valence-electron chi connectivity index (χ1n) is 8.09. The van der Waals surface area contributed by atoms with Crippen molar-refractivity contribution in [2.75, 3.05) is 26.8 Å². The summed E-state index contributed by atoms with van der Waals surface area (Å²) in [5.41, 5.74) is 0.0565. The maximum atomic E-state index is 14.2. The molecule has 1 aromatic rings. The van der Waals surface area contributed by atoms with Crippen molar-refractivity contribution in [3.8, 4) is 11.8 Å². The molecule has 0 spiro atoms. The Hall–Kier alpha value is -2.13. The highest BCUT2D eigenvalue weighted by molar-refractivity contribution is 5.90. The van der Waals surface area contributed by atoms with E-state index in [1.807, 2.05) is 13.8 Å². The molecule has 1 N–H and O–H groups in total. The molecule has 0 amide bonds. The van der Waals surface area contributed by atoms with Crippen molar-refractivity contribution >= 4 is 5.97 Å². The van der Waals surface area contributed by atoms with Gasteiger partial charge in [-0.05, 0) is 43.5 Å². The average Bonchev–Trinajstić information content (AvgIpc) is 2.59. The quantitative estimate of drug-likeness (QED) is 0.838. The van der Waals surface area contributed by atoms with E-state index in [0.717, 1.165) is 18.7 Å². The standard InChI is InChI=1S/C18H23FN2O3/c1-12(2)13-8-14(17(22)23-3)15(19)9-16(13)24-11-18(10-20)4-6-21-7-5-18/h8-9,12,21H,4-7,11H2,1-3H3. The fourth-order valence-electron chi connectivity index (χ4n) is 2.82. The monoisotopic (exact) mass is 334 g/mol. The minimum absolute atomic E-state index is 0.0371. The topological polar surface area (TPSA) is 71.3 Å². The largest absolute Gasteiger partial charge is 0.492 e. The maximum Gasteiger partial charge on any atom is 0.340 e. The van der Waals surface area contributed by atoms with Crippen molar-refractivity contribution in [2.45, 2.75) is 32.6 Å². The Morgan fingerprint density at radius 3 is 2.62 bits per heavy atom. The highest BCUT2D eigenvalue weighted by atomic mass is 19.1. The van der Waals surface area contributed by atoms with Gasteiger partial charge in [-0.15, -0.1) is 0 Å². The van der Waals surface area contributed by atoms with Crippen molar-refractivity contribution in [2.24, 2.45) is 5.41 Å². The number of benzene rings is 1. The number of nitrogens with one attached hydrogen (secondary N) is 1. The van der Waals surface area contributed by atoms with E-state index in [9.17, 15) is 14.4 Å². The molecule has 5 nitrogen and oxygen atoms in total. The van der Waals surface area contributed by atoms with Gasteiger partial charge in [0.15, 0.2) is 0 Å². The van der Waals surface area contributed by atoms with Crippen LogP contribution in [0.1, 0.15) is 48.5 Å². The molecule has 2 rings (SSSR count). The third-order valence-electron chi connectivity index (χ3n) is 4.43. The van der Waals surface area contributed by atoms with Crippen LogP contribution in [0.15, 0.2) is 12.1 Å². The number of nitriles is 1. The van der Waals surface area contributed by atoms with E-state index in [1.165, 1.54) is 19.2 Å². The summed E-state index contributed by atoms with van der Waals surface area (Å²) in [6.45, 7) is 5.62. The number of esters is 1. The molecule has 1 fully saturated rings. The molecule has 1 saturated heterocycles. The Morgan fingerprint density at radius 1 is 1.42 bits per heavy atom. The zero-order valence-corrected chi connectivity index (χ0v) is 14.3. The van der Waals surface area contributed by atoms with Crippen LogP contribution in [-0.4, -0.2) is 32.8 Å². The lowest BCUT2D eigenvalue weighted by Gasteiger charge is -2.31.